The number of aryl methyl sites for hydroxylation is 1. The molecule has 1 heterocycles. The maximum absolute atomic E-state index is 4.72. The van der Waals surface area contributed by atoms with Crippen LogP contribution in [0.2, 0.25) is 0 Å². The fourth-order valence-corrected chi connectivity index (χ4v) is 3.02. The van der Waals surface area contributed by atoms with Gasteiger partial charge in [0.2, 0.25) is 0 Å². The molecule has 1 aromatic heterocycles. The van der Waals surface area contributed by atoms with Crippen molar-refractivity contribution in [2.24, 2.45) is 5.92 Å². The highest BCUT2D eigenvalue weighted by atomic mass is 15.3. The fraction of sp³-hybridized carbons (Fsp3) is 0.500. The average Bonchev–Trinajstić information content (AvgIpc) is 3.27. The second kappa shape index (κ2) is 5.30. The predicted molar refractivity (Wildman–Crippen MR) is 86.7 cm³/mol. The average molecular weight is 283 g/mol. The summed E-state index contributed by atoms with van der Waals surface area (Å²) in [5.41, 5.74) is 5.04. The Hall–Kier alpha value is -1.61. The van der Waals surface area contributed by atoms with Gasteiger partial charge in [-0.2, -0.15) is 5.10 Å². The molecule has 1 aliphatic rings. The van der Waals surface area contributed by atoms with Crippen LogP contribution in [0.4, 0.5) is 0 Å². The minimum Gasteiger partial charge on any atom is -0.307 e. The molecule has 1 aromatic carbocycles. The Morgan fingerprint density at radius 2 is 1.86 bits per heavy atom. The molecule has 21 heavy (non-hydrogen) atoms. The summed E-state index contributed by atoms with van der Waals surface area (Å²) in [5, 5.41) is 8.45. The van der Waals surface area contributed by atoms with Crippen molar-refractivity contribution in [1.82, 2.24) is 15.1 Å². The first-order chi connectivity index (χ1) is 9.99. The topological polar surface area (TPSA) is 29.9 Å². The third kappa shape index (κ3) is 2.88. The molecule has 3 heteroatoms. The highest BCUT2D eigenvalue weighted by Crippen LogP contribution is 2.39. The van der Waals surface area contributed by atoms with Gasteiger partial charge in [-0.15, -0.1) is 0 Å². The first-order valence-corrected chi connectivity index (χ1v) is 7.84. The monoisotopic (exact) mass is 283 g/mol. The van der Waals surface area contributed by atoms with Crippen LogP contribution >= 0.6 is 0 Å². The van der Waals surface area contributed by atoms with Crippen molar-refractivity contribution in [3.8, 4) is 5.69 Å². The molecule has 1 fully saturated rings. The molecule has 1 saturated carbocycles. The zero-order valence-electron chi connectivity index (χ0n) is 13.5. The number of aromatic nitrogens is 2. The number of nitrogens with one attached hydrogen (secondary N) is 1. The van der Waals surface area contributed by atoms with Gasteiger partial charge >= 0.3 is 0 Å². The summed E-state index contributed by atoms with van der Waals surface area (Å²) in [5.74, 6) is 0.835. The summed E-state index contributed by atoms with van der Waals surface area (Å²) in [6.07, 6.45) is 2.72. The summed E-state index contributed by atoms with van der Waals surface area (Å²) in [6.45, 7) is 9.80. The van der Waals surface area contributed by atoms with Crippen molar-refractivity contribution in [2.75, 3.05) is 0 Å². The van der Waals surface area contributed by atoms with Gasteiger partial charge in [-0.1, -0.05) is 18.2 Å². The third-order valence-corrected chi connectivity index (χ3v) is 4.76. The molecule has 112 valence electrons. The standard InChI is InChI=1S/C18H25N3/c1-13-17(12-19-18(3,4)15-10-11-15)14(2)21(20-13)16-8-6-5-7-9-16/h5-9,15,19H,10-12H2,1-4H3. The van der Waals surface area contributed by atoms with Crippen molar-refractivity contribution in [3.05, 3.63) is 47.3 Å². The SMILES string of the molecule is Cc1nn(-c2ccccc2)c(C)c1CNC(C)(C)C1CC1. The molecule has 0 saturated heterocycles. The number of hydrogen-bond donors (Lipinski definition) is 1. The van der Waals surface area contributed by atoms with Gasteiger partial charge in [0.05, 0.1) is 11.4 Å². The quantitative estimate of drug-likeness (QED) is 0.905. The van der Waals surface area contributed by atoms with E-state index >= 15 is 0 Å². The van der Waals surface area contributed by atoms with Gasteiger partial charge in [-0.05, 0) is 58.6 Å². The summed E-state index contributed by atoms with van der Waals surface area (Å²) >= 11 is 0. The van der Waals surface area contributed by atoms with Crippen LogP contribution in [0.25, 0.3) is 5.69 Å². The summed E-state index contributed by atoms with van der Waals surface area (Å²) in [6, 6.07) is 10.4. The van der Waals surface area contributed by atoms with Crippen LogP contribution in [0.5, 0.6) is 0 Å². The van der Waals surface area contributed by atoms with Crippen LogP contribution in [-0.4, -0.2) is 15.3 Å². The van der Waals surface area contributed by atoms with E-state index < -0.39 is 0 Å². The Morgan fingerprint density at radius 3 is 2.48 bits per heavy atom. The molecule has 1 N–H and O–H groups in total. The van der Waals surface area contributed by atoms with Gasteiger partial charge in [-0.25, -0.2) is 4.68 Å². The Labute approximate surface area is 127 Å². The molecule has 3 rings (SSSR count). The molecule has 1 aliphatic carbocycles. The molecule has 0 unspecified atom stereocenters. The number of hydrogen-bond acceptors (Lipinski definition) is 2. The van der Waals surface area contributed by atoms with Gasteiger partial charge in [0, 0.05) is 23.3 Å². The minimum absolute atomic E-state index is 0.230. The van der Waals surface area contributed by atoms with E-state index in [1.165, 1.54) is 24.1 Å². The van der Waals surface area contributed by atoms with Crippen molar-refractivity contribution in [2.45, 2.75) is 52.6 Å². The van der Waals surface area contributed by atoms with Crippen LogP contribution in [0.3, 0.4) is 0 Å². The van der Waals surface area contributed by atoms with E-state index in [1.54, 1.807) is 0 Å². The lowest BCUT2D eigenvalue weighted by molar-refractivity contribution is 0.339. The molecule has 0 aliphatic heterocycles. The Morgan fingerprint density at radius 1 is 1.19 bits per heavy atom. The Balaban J connectivity index is 1.82. The Kier molecular flexibility index (Phi) is 3.62. The maximum atomic E-state index is 4.72. The van der Waals surface area contributed by atoms with Crippen LogP contribution < -0.4 is 5.32 Å². The highest BCUT2D eigenvalue weighted by molar-refractivity contribution is 5.36. The van der Waals surface area contributed by atoms with Crippen molar-refractivity contribution >= 4 is 0 Å². The maximum Gasteiger partial charge on any atom is 0.0648 e. The predicted octanol–water partition coefficient (Wildman–Crippen LogP) is 3.77. The molecule has 0 amide bonds. The minimum atomic E-state index is 0.230. The summed E-state index contributed by atoms with van der Waals surface area (Å²) in [7, 11) is 0. The molecular weight excluding hydrogens is 258 g/mol. The number of para-hydroxylation sites is 1. The normalized spacial score (nSPS) is 15.4. The second-order valence-corrected chi connectivity index (χ2v) is 6.75. The second-order valence-electron chi connectivity index (χ2n) is 6.75. The largest absolute Gasteiger partial charge is 0.307 e. The molecule has 0 bridgehead atoms. The number of rotatable bonds is 5. The lowest BCUT2D eigenvalue weighted by Gasteiger charge is -2.26. The van der Waals surface area contributed by atoms with Crippen LogP contribution in [0.1, 0.15) is 43.6 Å². The van der Waals surface area contributed by atoms with Gasteiger partial charge in [-0.3, -0.25) is 0 Å². The van der Waals surface area contributed by atoms with Crippen LogP contribution in [0, 0.1) is 19.8 Å². The summed E-state index contributed by atoms with van der Waals surface area (Å²) in [4.78, 5) is 0. The molecule has 0 radical (unpaired) electrons. The zero-order chi connectivity index (χ0) is 15.0. The van der Waals surface area contributed by atoms with E-state index in [-0.39, 0.29) is 5.54 Å². The first-order valence-electron chi connectivity index (χ1n) is 7.84. The third-order valence-electron chi connectivity index (χ3n) is 4.76. The number of nitrogens with zero attached hydrogens (tertiary/aromatic N) is 2. The summed E-state index contributed by atoms with van der Waals surface area (Å²) < 4.78 is 2.05. The molecule has 0 spiro atoms. The fourth-order valence-electron chi connectivity index (χ4n) is 3.02. The van der Waals surface area contributed by atoms with Crippen molar-refractivity contribution in [3.63, 3.8) is 0 Å². The first kappa shape index (κ1) is 14.3. The smallest absolute Gasteiger partial charge is 0.0648 e. The lowest BCUT2D eigenvalue weighted by atomic mass is 9.98. The van der Waals surface area contributed by atoms with Gasteiger partial charge in [0.1, 0.15) is 0 Å². The number of benzene rings is 1. The molecule has 2 aromatic rings. The molecular formula is C18H25N3. The van der Waals surface area contributed by atoms with Gasteiger partial charge < -0.3 is 5.32 Å². The zero-order valence-corrected chi connectivity index (χ0v) is 13.5. The van der Waals surface area contributed by atoms with Crippen LogP contribution in [0.15, 0.2) is 30.3 Å². The van der Waals surface area contributed by atoms with E-state index in [4.69, 9.17) is 5.10 Å². The van der Waals surface area contributed by atoms with E-state index in [9.17, 15) is 0 Å². The van der Waals surface area contributed by atoms with Gasteiger partial charge in [0.15, 0.2) is 0 Å². The van der Waals surface area contributed by atoms with Crippen LogP contribution in [-0.2, 0) is 6.54 Å². The van der Waals surface area contributed by atoms with E-state index in [0.717, 1.165) is 23.8 Å². The van der Waals surface area contributed by atoms with Gasteiger partial charge in [0.25, 0.3) is 0 Å². The highest BCUT2D eigenvalue weighted by Gasteiger charge is 2.37. The Bertz CT molecular complexity index is 621. The molecule has 3 nitrogen and oxygen atoms in total. The van der Waals surface area contributed by atoms with E-state index in [1.807, 2.05) is 6.07 Å². The van der Waals surface area contributed by atoms with E-state index in [2.05, 4.69) is 62.0 Å². The lowest BCUT2D eigenvalue weighted by Crippen LogP contribution is -2.40. The molecule has 0 atom stereocenters. The van der Waals surface area contributed by atoms with E-state index in [0.29, 0.717) is 0 Å². The van der Waals surface area contributed by atoms with Crippen molar-refractivity contribution < 1.29 is 0 Å². The van der Waals surface area contributed by atoms with Crippen molar-refractivity contribution in [1.29, 1.82) is 0 Å².